The van der Waals surface area contributed by atoms with Crippen molar-refractivity contribution in [3.05, 3.63) is 56.8 Å². The Morgan fingerprint density at radius 1 is 1.16 bits per heavy atom. The fraction of sp³-hybridized carbons (Fsp3) is 0.304. The summed E-state index contributed by atoms with van der Waals surface area (Å²) in [5.41, 5.74) is 2.13. The minimum absolute atomic E-state index is 0.237. The molecule has 1 aliphatic heterocycles. The molecule has 0 radical (unpaired) electrons. The number of nitrogens with zero attached hydrogens (tertiary/aromatic N) is 1. The van der Waals surface area contributed by atoms with Gasteiger partial charge in [0.25, 0.3) is 11.1 Å². The third-order valence-corrected chi connectivity index (χ3v) is 7.29. The second-order valence-corrected chi connectivity index (χ2v) is 9.46. The summed E-state index contributed by atoms with van der Waals surface area (Å²) in [6, 6.07) is 9.20. The van der Waals surface area contributed by atoms with Crippen molar-refractivity contribution in [2.45, 2.75) is 32.6 Å². The number of esters is 1. The van der Waals surface area contributed by atoms with Gasteiger partial charge in [-0.25, -0.2) is 4.79 Å². The van der Waals surface area contributed by atoms with Crippen LogP contribution in [0.15, 0.2) is 35.2 Å². The lowest BCUT2D eigenvalue weighted by Crippen LogP contribution is -2.36. The van der Waals surface area contributed by atoms with Crippen molar-refractivity contribution in [1.29, 1.82) is 0 Å². The van der Waals surface area contributed by atoms with E-state index in [1.165, 1.54) is 11.3 Å². The molecule has 0 unspecified atom stereocenters. The van der Waals surface area contributed by atoms with Crippen LogP contribution in [0.25, 0.3) is 6.08 Å². The zero-order chi connectivity index (χ0) is 22.7. The summed E-state index contributed by atoms with van der Waals surface area (Å²) in [6.45, 7) is 1.56. The van der Waals surface area contributed by atoms with E-state index >= 15 is 0 Å². The summed E-state index contributed by atoms with van der Waals surface area (Å²) >= 11 is 2.18. The van der Waals surface area contributed by atoms with Crippen molar-refractivity contribution in [3.63, 3.8) is 0 Å². The van der Waals surface area contributed by atoms with Gasteiger partial charge in [0.15, 0.2) is 0 Å². The first kappa shape index (κ1) is 22.3. The first-order valence-corrected chi connectivity index (χ1v) is 12.0. The molecule has 0 bridgehead atoms. The first-order chi connectivity index (χ1) is 15.5. The number of carbonyl (C=O) groups excluding carboxylic acids is 4. The molecule has 4 rings (SSSR count). The quantitative estimate of drug-likeness (QED) is 0.494. The number of anilines is 1. The Bertz CT molecular complexity index is 1110. The minimum atomic E-state index is -0.530. The number of aryl methyl sites for hydroxylation is 1. The Morgan fingerprint density at radius 3 is 2.66 bits per heavy atom. The molecule has 0 spiro atoms. The second kappa shape index (κ2) is 9.70. The molecule has 1 aromatic heterocycles. The molecule has 3 amide bonds. The van der Waals surface area contributed by atoms with Crippen molar-refractivity contribution >= 4 is 57.2 Å². The molecule has 2 heterocycles. The number of imide groups is 1. The lowest BCUT2D eigenvalue weighted by molar-refractivity contribution is -0.127. The summed E-state index contributed by atoms with van der Waals surface area (Å²) in [5, 5.41) is 2.67. The van der Waals surface area contributed by atoms with Crippen LogP contribution >= 0.6 is 23.1 Å². The SMILES string of the molecule is CCOC(=O)c1c(NC(=O)CN2C(=O)SC(=Cc3ccccc3)C2=O)sc2c1CCCC2. The number of thioether (sulfide) groups is 1. The maximum Gasteiger partial charge on any atom is 0.341 e. The van der Waals surface area contributed by atoms with Crippen LogP contribution < -0.4 is 5.32 Å². The van der Waals surface area contributed by atoms with E-state index in [1.807, 2.05) is 30.3 Å². The Kier molecular flexibility index (Phi) is 6.76. The van der Waals surface area contributed by atoms with Gasteiger partial charge in [-0.15, -0.1) is 11.3 Å². The molecule has 1 aliphatic carbocycles. The topological polar surface area (TPSA) is 92.8 Å². The van der Waals surface area contributed by atoms with Crippen LogP contribution in [0.4, 0.5) is 9.80 Å². The summed E-state index contributed by atoms with van der Waals surface area (Å²) in [7, 11) is 0. The second-order valence-electron chi connectivity index (χ2n) is 7.36. The molecule has 1 fully saturated rings. The monoisotopic (exact) mass is 470 g/mol. The Morgan fingerprint density at radius 2 is 1.91 bits per heavy atom. The lowest BCUT2D eigenvalue weighted by atomic mass is 9.95. The number of fused-ring (bicyclic) bond motifs is 1. The highest BCUT2D eigenvalue weighted by Gasteiger charge is 2.37. The number of ether oxygens (including phenoxy) is 1. The molecule has 2 aromatic rings. The molecule has 2 aliphatic rings. The molecular weight excluding hydrogens is 448 g/mol. The maximum atomic E-state index is 12.7. The fourth-order valence-corrected chi connectivity index (χ4v) is 5.85. The molecule has 1 aromatic carbocycles. The smallest absolute Gasteiger partial charge is 0.341 e. The van der Waals surface area contributed by atoms with Gasteiger partial charge in [-0.1, -0.05) is 30.3 Å². The van der Waals surface area contributed by atoms with Gasteiger partial charge in [0.1, 0.15) is 11.5 Å². The zero-order valence-corrected chi connectivity index (χ0v) is 19.1. The summed E-state index contributed by atoms with van der Waals surface area (Å²) in [6.07, 6.45) is 5.27. The van der Waals surface area contributed by atoms with Gasteiger partial charge < -0.3 is 10.1 Å². The van der Waals surface area contributed by atoms with Crippen LogP contribution in [0.5, 0.6) is 0 Å². The van der Waals surface area contributed by atoms with E-state index < -0.39 is 29.6 Å². The van der Waals surface area contributed by atoms with Gasteiger partial charge in [-0.05, 0) is 61.6 Å². The van der Waals surface area contributed by atoms with E-state index in [-0.39, 0.29) is 11.5 Å². The Labute approximate surface area is 193 Å². The van der Waals surface area contributed by atoms with Crippen molar-refractivity contribution in [2.24, 2.45) is 0 Å². The van der Waals surface area contributed by atoms with Crippen LogP contribution in [0.1, 0.15) is 46.1 Å². The highest BCUT2D eigenvalue weighted by molar-refractivity contribution is 8.18. The molecule has 0 atom stereocenters. The maximum absolute atomic E-state index is 12.7. The van der Waals surface area contributed by atoms with Gasteiger partial charge in [-0.3, -0.25) is 19.3 Å². The number of hydrogen-bond acceptors (Lipinski definition) is 7. The molecular formula is C23H22N2O5S2. The van der Waals surface area contributed by atoms with Crippen LogP contribution in [-0.4, -0.2) is 41.1 Å². The molecule has 1 N–H and O–H groups in total. The largest absolute Gasteiger partial charge is 0.462 e. The standard InChI is InChI=1S/C23H22N2O5S2/c1-2-30-22(28)19-15-10-6-7-11-16(15)31-20(19)24-18(26)13-25-21(27)17(32-23(25)29)12-14-8-4-3-5-9-14/h3-5,8-9,12H,2,6-7,10-11,13H2,1H3,(H,24,26). The molecule has 7 nitrogen and oxygen atoms in total. The highest BCUT2D eigenvalue weighted by Crippen LogP contribution is 2.39. The number of rotatable bonds is 6. The van der Waals surface area contributed by atoms with Crippen LogP contribution in [-0.2, 0) is 27.2 Å². The molecule has 32 heavy (non-hydrogen) atoms. The summed E-state index contributed by atoms with van der Waals surface area (Å²) in [5.74, 6) is -1.49. The molecule has 1 saturated heterocycles. The third-order valence-electron chi connectivity index (χ3n) is 5.18. The number of benzene rings is 1. The van der Waals surface area contributed by atoms with Crippen LogP contribution in [0.3, 0.4) is 0 Å². The fourth-order valence-electron chi connectivity index (χ4n) is 3.72. The van der Waals surface area contributed by atoms with Crippen molar-refractivity contribution in [1.82, 2.24) is 4.90 Å². The number of nitrogens with one attached hydrogen (secondary N) is 1. The van der Waals surface area contributed by atoms with E-state index in [9.17, 15) is 19.2 Å². The Balaban J connectivity index is 1.50. The number of carbonyl (C=O) groups is 4. The molecule has 166 valence electrons. The zero-order valence-electron chi connectivity index (χ0n) is 17.5. The first-order valence-electron chi connectivity index (χ1n) is 10.4. The van der Waals surface area contributed by atoms with Crippen LogP contribution in [0.2, 0.25) is 0 Å². The van der Waals surface area contributed by atoms with Crippen LogP contribution in [0, 0.1) is 0 Å². The van der Waals surface area contributed by atoms with Crippen molar-refractivity contribution in [2.75, 3.05) is 18.5 Å². The van der Waals surface area contributed by atoms with E-state index in [4.69, 9.17) is 4.74 Å². The average molecular weight is 471 g/mol. The number of hydrogen-bond donors (Lipinski definition) is 1. The summed E-state index contributed by atoms with van der Waals surface area (Å²) in [4.78, 5) is 52.6. The van der Waals surface area contributed by atoms with Gasteiger partial charge >= 0.3 is 5.97 Å². The average Bonchev–Trinajstić information content (AvgIpc) is 3.26. The van der Waals surface area contributed by atoms with E-state index in [0.717, 1.165) is 58.3 Å². The van der Waals surface area contributed by atoms with E-state index in [0.29, 0.717) is 10.6 Å². The Hall–Kier alpha value is -2.91. The minimum Gasteiger partial charge on any atom is -0.462 e. The van der Waals surface area contributed by atoms with Gasteiger partial charge in [-0.2, -0.15) is 0 Å². The molecule has 9 heteroatoms. The normalized spacial score (nSPS) is 16.9. The van der Waals surface area contributed by atoms with Gasteiger partial charge in [0, 0.05) is 4.88 Å². The van der Waals surface area contributed by atoms with E-state index in [1.54, 1.807) is 13.0 Å². The summed E-state index contributed by atoms with van der Waals surface area (Å²) < 4.78 is 5.20. The third kappa shape index (κ3) is 4.63. The van der Waals surface area contributed by atoms with Crippen molar-refractivity contribution in [3.8, 4) is 0 Å². The van der Waals surface area contributed by atoms with Crippen molar-refractivity contribution < 1.29 is 23.9 Å². The highest BCUT2D eigenvalue weighted by atomic mass is 32.2. The number of thiophene rings is 1. The molecule has 0 saturated carbocycles. The van der Waals surface area contributed by atoms with E-state index in [2.05, 4.69) is 5.32 Å². The lowest BCUT2D eigenvalue weighted by Gasteiger charge is -2.13. The predicted octanol–water partition coefficient (Wildman–Crippen LogP) is 4.48. The van der Waals surface area contributed by atoms with Gasteiger partial charge in [0.2, 0.25) is 5.91 Å². The predicted molar refractivity (Wildman–Crippen MR) is 125 cm³/mol. The number of amides is 3. The van der Waals surface area contributed by atoms with Gasteiger partial charge in [0.05, 0.1) is 17.1 Å².